The lowest BCUT2D eigenvalue weighted by atomic mass is 9.98. The number of hydrogen-bond acceptors (Lipinski definition) is 11. The van der Waals surface area contributed by atoms with Crippen LogP contribution in [0.25, 0.3) is 11.0 Å². The predicted molar refractivity (Wildman–Crippen MR) is 109 cm³/mol. The highest BCUT2D eigenvalue weighted by molar-refractivity contribution is 5.87. The number of fused-ring (bicyclic) bond motifs is 1. The molecule has 2 aromatic rings. The molecule has 0 bridgehead atoms. The fourth-order valence-corrected chi connectivity index (χ4v) is 3.41. The molecule has 176 valence electrons. The fraction of sp³-hybridized carbons (Fsp3) is 0.476. The molecule has 1 unspecified atom stereocenters. The van der Waals surface area contributed by atoms with Gasteiger partial charge in [0.25, 0.3) is 0 Å². The molecule has 11 nitrogen and oxygen atoms in total. The van der Waals surface area contributed by atoms with Crippen LogP contribution in [0, 0.1) is 0 Å². The van der Waals surface area contributed by atoms with Crippen LogP contribution in [0.3, 0.4) is 0 Å². The molecule has 0 radical (unpaired) electrons. The van der Waals surface area contributed by atoms with Crippen molar-refractivity contribution in [1.82, 2.24) is 0 Å². The van der Waals surface area contributed by atoms with Crippen molar-refractivity contribution in [3.8, 4) is 11.5 Å². The lowest BCUT2D eigenvalue weighted by molar-refractivity contribution is -0.277. The highest BCUT2D eigenvalue weighted by atomic mass is 16.7. The van der Waals surface area contributed by atoms with Crippen LogP contribution in [0.1, 0.15) is 18.2 Å². The molecule has 1 fully saturated rings. The van der Waals surface area contributed by atoms with E-state index in [-0.39, 0.29) is 34.5 Å². The van der Waals surface area contributed by atoms with Gasteiger partial charge in [-0.05, 0) is 6.92 Å². The number of ether oxygens (including phenoxy) is 2. The Hall–Kier alpha value is -2.51. The predicted octanol–water partition coefficient (Wildman–Crippen LogP) is -1.35. The number of aromatic hydroxyl groups is 1. The van der Waals surface area contributed by atoms with E-state index in [1.165, 1.54) is 6.07 Å². The first-order valence-corrected chi connectivity index (χ1v) is 9.82. The maximum Gasteiger partial charge on any atom is 0.229 e. The summed E-state index contributed by atoms with van der Waals surface area (Å²) in [6, 6.07) is 2.22. The van der Waals surface area contributed by atoms with Gasteiger partial charge >= 0.3 is 0 Å². The monoisotopic (exact) mass is 454 g/mol. The van der Waals surface area contributed by atoms with Crippen LogP contribution in [0.5, 0.6) is 11.5 Å². The zero-order chi connectivity index (χ0) is 23.7. The first-order valence-electron chi connectivity index (χ1n) is 9.82. The molecule has 0 aliphatic carbocycles. The maximum atomic E-state index is 12.5. The Kier molecular flexibility index (Phi) is 7.20. The van der Waals surface area contributed by atoms with Crippen molar-refractivity contribution in [1.29, 1.82) is 0 Å². The Morgan fingerprint density at radius 3 is 2.47 bits per heavy atom. The van der Waals surface area contributed by atoms with Gasteiger partial charge in [0.2, 0.25) is 6.29 Å². The molecule has 1 aromatic heterocycles. The van der Waals surface area contributed by atoms with Crippen LogP contribution in [0.4, 0.5) is 0 Å². The van der Waals surface area contributed by atoms with Crippen molar-refractivity contribution in [3.05, 3.63) is 45.8 Å². The number of aliphatic hydroxyl groups excluding tert-OH is 6. The highest BCUT2D eigenvalue weighted by Gasteiger charge is 2.45. The molecule has 2 heterocycles. The Balaban J connectivity index is 2.12. The maximum absolute atomic E-state index is 12.5. The lowest BCUT2D eigenvalue weighted by Crippen LogP contribution is -2.60. The summed E-state index contributed by atoms with van der Waals surface area (Å²) in [6.45, 7) is 3.95. The first-order chi connectivity index (χ1) is 15.1. The van der Waals surface area contributed by atoms with Crippen LogP contribution < -0.4 is 10.2 Å². The molecule has 1 aliphatic heterocycles. The number of hydrogen-bond donors (Lipinski definition) is 7. The van der Waals surface area contributed by atoms with Crippen molar-refractivity contribution in [2.24, 2.45) is 0 Å². The van der Waals surface area contributed by atoms with E-state index in [0.717, 1.165) is 6.07 Å². The van der Waals surface area contributed by atoms with Gasteiger partial charge in [0.1, 0.15) is 59.3 Å². The molecule has 11 heteroatoms. The molecular weight excluding hydrogens is 428 g/mol. The minimum Gasteiger partial charge on any atom is -0.507 e. The van der Waals surface area contributed by atoms with Crippen LogP contribution in [0.15, 0.2) is 33.5 Å². The van der Waals surface area contributed by atoms with Crippen LogP contribution in [-0.2, 0) is 17.8 Å². The number of benzene rings is 1. The molecule has 32 heavy (non-hydrogen) atoms. The lowest BCUT2D eigenvalue weighted by Gasteiger charge is -2.39. The largest absolute Gasteiger partial charge is 0.507 e. The Morgan fingerprint density at radius 2 is 1.88 bits per heavy atom. The number of aliphatic hydroxyl groups is 6. The topological polar surface area (TPSA) is 190 Å². The minimum atomic E-state index is -1.74. The van der Waals surface area contributed by atoms with Gasteiger partial charge in [-0.25, -0.2) is 0 Å². The van der Waals surface area contributed by atoms with Crippen molar-refractivity contribution < 1.29 is 49.6 Å². The molecule has 1 aliphatic rings. The Labute approximate surface area is 182 Å². The molecule has 3 rings (SSSR count). The van der Waals surface area contributed by atoms with E-state index in [4.69, 9.17) is 13.9 Å². The molecule has 7 N–H and O–H groups in total. The summed E-state index contributed by atoms with van der Waals surface area (Å²) in [5, 5.41) is 69.8. The third-order valence-electron chi connectivity index (χ3n) is 5.32. The Morgan fingerprint density at radius 1 is 1.19 bits per heavy atom. The summed E-state index contributed by atoms with van der Waals surface area (Å²) in [5.41, 5.74) is -0.453. The van der Waals surface area contributed by atoms with Gasteiger partial charge < -0.3 is 49.6 Å². The second kappa shape index (κ2) is 9.55. The van der Waals surface area contributed by atoms with Gasteiger partial charge in [-0.3, -0.25) is 4.79 Å². The second-order valence-corrected chi connectivity index (χ2v) is 7.69. The number of phenolic OH excluding ortho intramolecular Hbond substituents is 1. The first kappa shape index (κ1) is 24.1. The molecule has 6 atom stereocenters. The third kappa shape index (κ3) is 4.50. The van der Waals surface area contributed by atoms with Crippen molar-refractivity contribution in [3.63, 3.8) is 0 Å². The average Bonchev–Trinajstić information content (AvgIpc) is 2.75. The molecule has 1 aromatic carbocycles. The number of rotatable bonds is 7. The van der Waals surface area contributed by atoms with Crippen molar-refractivity contribution >= 4 is 11.0 Å². The molecule has 0 saturated carbocycles. The van der Waals surface area contributed by atoms with Gasteiger partial charge in [0.15, 0.2) is 5.43 Å². The van der Waals surface area contributed by atoms with Crippen molar-refractivity contribution in [2.45, 2.75) is 56.8 Å². The van der Waals surface area contributed by atoms with Crippen LogP contribution >= 0.6 is 0 Å². The van der Waals surface area contributed by atoms with Crippen LogP contribution in [0.2, 0.25) is 0 Å². The van der Waals surface area contributed by atoms with E-state index in [0.29, 0.717) is 5.57 Å². The zero-order valence-electron chi connectivity index (χ0n) is 17.2. The van der Waals surface area contributed by atoms with E-state index < -0.39 is 61.2 Å². The summed E-state index contributed by atoms with van der Waals surface area (Å²) < 4.78 is 16.4. The van der Waals surface area contributed by atoms with Crippen molar-refractivity contribution in [2.75, 3.05) is 6.61 Å². The summed E-state index contributed by atoms with van der Waals surface area (Å²) in [5.74, 6) is -0.797. The standard InChI is InChI=1S/C21H26O11/c1-8(2)11(24)4-10-13(31-21-20(29)19(28)18(27)15(7-23)32-21)5-14-16(17(10)26)12(25)3-9(6-22)30-14/h3,5,11,15,18-24,26-29H,1,4,6-7H2,2H3/t11?,15-,18-,19+,20-,21-/m1/s1. The fourth-order valence-electron chi connectivity index (χ4n) is 3.41. The van der Waals surface area contributed by atoms with E-state index in [9.17, 15) is 40.5 Å². The molecule has 1 saturated heterocycles. The second-order valence-electron chi connectivity index (χ2n) is 7.69. The minimum absolute atomic E-state index is 0.0333. The number of phenols is 1. The van der Waals surface area contributed by atoms with E-state index in [1.807, 2.05) is 0 Å². The van der Waals surface area contributed by atoms with Gasteiger partial charge in [0, 0.05) is 24.1 Å². The van der Waals surface area contributed by atoms with Gasteiger partial charge in [-0.15, -0.1) is 0 Å². The molecular formula is C21H26O11. The van der Waals surface area contributed by atoms with Gasteiger partial charge in [-0.2, -0.15) is 0 Å². The molecule has 0 amide bonds. The third-order valence-corrected chi connectivity index (χ3v) is 5.32. The summed E-state index contributed by atoms with van der Waals surface area (Å²) >= 11 is 0. The van der Waals surface area contributed by atoms with E-state index in [2.05, 4.69) is 6.58 Å². The average molecular weight is 454 g/mol. The highest BCUT2D eigenvalue weighted by Crippen LogP contribution is 2.38. The van der Waals surface area contributed by atoms with E-state index >= 15 is 0 Å². The summed E-state index contributed by atoms with van der Waals surface area (Å²) in [6.07, 6.45) is -9.23. The van der Waals surface area contributed by atoms with Crippen LogP contribution in [-0.4, -0.2) is 79.2 Å². The SMILES string of the molecule is C=C(C)C(O)Cc1c(O[C@@H]2O[C@H](CO)[C@@H](O)[C@H](O)[C@H]2O)cc2oc(CO)cc(=O)c2c1O. The van der Waals surface area contributed by atoms with Gasteiger partial charge in [-0.1, -0.05) is 12.2 Å². The normalized spacial score (nSPS) is 26.8. The summed E-state index contributed by atoms with van der Waals surface area (Å²) in [7, 11) is 0. The Bertz CT molecular complexity index is 1040. The molecule has 0 spiro atoms. The van der Waals surface area contributed by atoms with E-state index in [1.54, 1.807) is 6.92 Å². The zero-order valence-corrected chi connectivity index (χ0v) is 17.2. The smallest absolute Gasteiger partial charge is 0.229 e. The summed E-state index contributed by atoms with van der Waals surface area (Å²) in [4.78, 5) is 12.5. The quantitative estimate of drug-likeness (QED) is 0.245. The van der Waals surface area contributed by atoms with Gasteiger partial charge in [0.05, 0.1) is 12.7 Å².